The molecule has 0 unspecified atom stereocenters. The van der Waals surface area contributed by atoms with E-state index in [9.17, 15) is 9.59 Å². The maximum absolute atomic E-state index is 10.8. The normalized spacial score (nSPS) is 9.88. The van der Waals surface area contributed by atoms with Crippen molar-refractivity contribution < 1.29 is 24.5 Å². The molecule has 0 aromatic heterocycles. The number of ether oxygens (including phenoxy) is 1. The number of aliphatic carboxylic acids is 1. The standard InChI is InChI=1S/C10H9BrO5/c1-16-8-2-5(3-9(12)13)7(11)4-6(8)10(14)15/h2,4H,3H2,1H3,(H,12,13)(H,14,15). The maximum Gasteiger partial charge on any atom is 0.339 e. The number of methoxy groups -OCH3 is 1. The van der Waals surface area contributed by atoms with Gasteiger partial charge in [0.05, 0.1) is 13.5 Å². The molecule has 0 spiro atoms. The molecule has 16 heavy (non-hydrogen) atoms. The lowest BCUT2D eigenvalue weighted by Crippen LogP contribution is -2.05. The second-order valence-corrected chi connectivity index (χ2v) is 3.87. The molecule has 0 heterocycles. The largest absolute Gasteiger partial charge is 0.496 e. The molecule has 86 valence electrons. The molecule has 0 radical (unpaired) electrons. The summed E-state index contributed by atoms with van der Waals surface area (Å²) in [5.41, 5.74) is 0.456. The van der Waals surface area contributed by atoms with Gasteiger partial charge in [-0.25, -0.2) is 4.79 Å². The number of carboxylic acid groups (broad SMARTS) is 2. The second-order valence-electron chi connectivity index (χ2n) is 3.02. The van der Waals surface area contributed by atoms with Crippen LogP contribution in [0.5, 0.6) is 5.75 Å². The second kappa shape index (κ2) is 4.98. The first-order valence-corrected chi connectivity index (χ1v) is 5.06. The van der Waals surface area contributed by atoms with Crippen molar-refractivity contribution in [1.82, 2.24) is 0 Å². The first-order chi connectivity index (χ1) is 7.45. The summed E-state index contributed by atoms with van der Waals surface area (Å²) in [4.78, 5) is 21.4. The topological polar surface area (TPSA) is 83.8 Å². The summed E-state index contributed by atoms with van der Waals surface area (Å²) < 4.78 is 5.33. The Kier molecular flexibility index (Phi) is 3.89. The highest BCUT2D eigenvalue weighted by atomic mass is 79.9. The summed E-state index contributed by atoms with van der Waals surface area (Å²) in [6, 6.07) is 2.74. The van der Waals surface area contributed by atoms with Crippen LogP contribution in [0.3, 0.4) is 0 Å². The molecule has 0 aliphatic heterocycles. The highest BCUT2D eigenvalue weighted by Crippen LogP contribution is 2.27. The first-order valence-electron chi connectivity index (χ1n) is 4.27. The van der Waals surface area contributed by atoms with Gasteiger partial charge in [0.15, 0.2) is 0 Å². The van der Waals surface area contributed by atoms with Crippen molar-refractivity contribution >= 4 is 27.9 Å². The summed E-state index contributed by atoms with van der Waals surface area (Å²) in [5.74, 6) is -1.97. The van der Waals surface area contributed by atoms with Gasteiger partial charge in [0.2, 0.25) is 0 Å². The van der Waals surface area contributed by atoms with Crippen LogP contribution in [0, 0.1) is 0 Å². The molecular formula is C10H9BrO5. The highest BCUT2D eigenvalue weighted by Gasteiger charge is 2.15. The van der Waals surface area contributed by atoms with Crippen molar-refractivity contribution in [2.45, 2.75) is 6.42 Å². The number of halogens is 1. The Morgan fingerprint density at radius 2 is 2.00 bits per heavy atom. The number of carbonyl (C=O) groups is 2. The molecular weight excluding hydrogens is 280 g/mol. The van der Waals surface area contributed by atoms with Gasteiger partial charge in [-0.05, 0) is 17.7 Å². The average molecular weight is 289 g/mol. The fourth-order valence-electron chi connectivity index (χ4n) is 1.23. The minimum Gasteiger partial charge on any atom is -0.496 e. The lowest BCUT2D eigenvalue weighted by molar-refractivity contribution is -0.136. The van der Waals surface area contributed by atoms with Crippen LogP contribution < -0.4 is 4.74 Å². The van der Waals surface area contributed by atoms with E-state index in [4.69, 9.17) is 14.9 Å². The molecule has 0 saturated heterocycles. The third-order valence-corrected chi connectivity index (χ3v) is 2.68. The van der Waals surface area contributed by atoms with Gasteiger partial charge in [-0.1, -0.05) is 15.9 Å². The van der Waals surface area contributed by atoms with Crippen LogP contribution in [0.1, 0.15) is 15.9 Å². The summed E-state index contributed by atoms with van der Waals surface area (Å²) in [6.45, 7) is 0. The molecule has 1 aromatic carbocycles. The number of hydrogen-bond acceptors (Lipinski definition) is 3. The van der Waals surface area contributed by atoms with Gasteiger partial charge in [-0.3, -0.25) is 4.79 Å². The molecule has 2 N–H and O–H groups in total. The van der Waals surface area contributed by atoms with Crippen molar-refractivity contribution in [3.63, 3.8) is 0 Å². The Morgan fingerprint density at radius 1 is 1.38 bits per heavy atom. The molecule has 0 atom stereocenters. The Morgan fingerprint density at radius 3 is 2.44 bits per heavy atom. The Balaban J connectivity index is 3.25. The summed E-state index contributed by atoms with van der Waals surface area (Å²) in [5, 5.41) is 17.5. The van der Waals surface area contributed by atoms with E-state index in [2.05, 4.69) is 15.9 Å². The number of rotatable bonds is 4. The molecule has 6 heteroatoms. The van der Waals surface area contributed by atoms with Gasteiger partial charge in [0, 0.05) is 4.47 Å². The van der Waals surface area contributed by atoms with Crippen LogP contribution in [-0.4, -0.2) is 29.3 Å². The zero-order valence-corrected chi connectivity index (χ0v) is 9.94. The zero-order valence-electron chi connectivity index (χ0n) is 8.36. The molecule has 0 aliphatic rings. The smallest absolute Gasteiger partial charge is 0.339 e. The molecule has 0 amide bonds. The van der Waals surface area contributed by atoms with E-state index in [0.29, 0.717) is 10.0 Å². The van der Waals surface area contributed by atoms with Crippen LogP contribution in [0.15, 0.2) is 16.6 Å². The maximum atomic E-state index is 10.8. The van der Waals surface area contributed by atoms with Crippen molar-refractivity contribution in [2.75, 3.05) is 7.11 Å². The minimum atomic E-state index is -1.13. The van der Waals surface area contributed by atoms with Crippen LogP contribution in [0.2, 0.25) is 0 Å². The van der Waals surface area contributed by atoms with Crippen molar-refractivity contribution in [2.24, 2.45) is 0 Å². The third-order valence-electron chi connectivity index (χ3n) is 1.94. The van der Waals surface area contributed by atoms with Crippen molar-refractivity contribution in [3.05, 3.63) is 27.7 Å². The van der Waals surface area contributed by atoms with E-state index >= 15 is 0 Å². The van der Waals surface area contributed by atoms with E-state index in [0.717, 1.165) is 0 Å². The van der Waals surface area contributed by atoms with Crippen molar-refractivity contribution in [3.8, 4) is 5.75 Å². The Bertz CT molecular complexity index is 441. The van der Waals surface area contributed by atoms with Crippen LogP contribution in [-0.2, 0) is 11.2 Å². The van der Waals surface area contributed by atoms with E-state index in [1.54, 1.807) is 0 Å². The van der Waals surface area contributed by atoms with Gasteiger partial charge >= 0.3 is 11.9 Å². The minimum absolute atomic E-state index is 0.0106. The number of hydrogen-bond donors (Lipinski definition) is 2. The fourth-order valence-corrected chi connectivity index (χ4v) is 1.71. The molecule has 0 bridgehead atoms. The monoisotopic (exact) mass is 288 g/mol. The lowest BCUT2D eigenvalue weighted by atomic mass is 10.1. The van der Waals surface area contributed by atoms with E-state index in [-0.39, 0.29) is 17.7 Å². The van der Waals surface area contributed by atoms with E-state index < -0.39 is 11.9 Å². The van der Waals surface area contributed by atoms with Crippen LogP contribution in [0.25, 0.3) is 0 Å². The summed E-state index contributed by atoms with van der Waals surface area (Å²) >= 11 is 3.13. The van der Waals surface area contributed by atoms with Gasteiger partial charge in [0.25, 0.3) is 0 Å². The average Bonchev–Trinajstić information content (AvgIpc) is 2.19. The van der Waals surface area contributed by atoms with Gasteiger partial charge in [-0.2, -0.15) is 0 Å². The first kappa shape index (κ1) is 12.5. The highest BCUT2D eigenvalue weighted by molar-refractivity contribution is 9.10. The number of benzene rings is 1. The quantitative estimate of drug-likeness (QED) is 0.882. The van der Waals surface area contributed by atoms with E-state index in [1.165, 1.54) is 19.2 Å². The SMILES string of the molecule is COc1cc(CC(=O)O)c(Br)cc1C(=O)O. The molecule has 1 aromatic rings. The predicted octanol–water partition coefficient (Wildman–Crippen LogP) is 1.78. The van der Waals surface area contributed by atoms with Gasteiger partial charge in [-0.15, -0.1) is 0 Å². The third kappa shape index (κ3) is 2.73. The molecule has 0 saturated carbocycles. The summed E-state index contributed by atoms with van der Waals surface area (Å²) in [6.07, 6.45) is -0.198. The Labute approximate surface area is 99.8 Å². The number of carboxylic acids is 2. The molecule has 5 nitrogen and oxygen atoms in total. The molecule has 0 aliphatic carbocycles. The molecule has 1 rings (SSSR count). The predicted molar refractivity (Wildman–Crippen MR) is 59.0 cm³/mol. The molecule has 0 fully saturated rings. The lowest BCUT2D eigenvalue weighted by Gasteiger charge is -2.08. The summed E-state index contributed by atoms with van der Waals surface area (Å²) in [7, 11) is 1.33. The van der Waals surface area contributed by atoms with Crippen molar-refractivity contribution in [1.29, 1.82) is 0 Å². The zero-order chi connectivity index (χ0) is 12.3. The Hall–Kier alpha value is -1.56. The number of aromatic carboxylic acids is 1. The fraction of sp³-hybridized carbons (Fsp3) is 0.200. The van der Waals surface area contributed by atoms with Crippen LogP contribution in [0.4, 0.5) is 0 Å². The van der Waals surface area contributed by atoms with E-state index in [1.807, 2.05) is 0 Å². The van der Waals surface area contributed by atoms with Crippen LogP contribution >= 0.6 is 15.9 Å². The van der Waals surface area contributed by atoms with Gasteiger partial charge < -0.3 is 14.9 Å². The van der Waals surface area contributed by atoms with Gasteiger partial charge in [0.1, 0.15) is 11.3 Å².